The van der Waals surface area contributed by atoms with Crippen molar-refractivity contribution in [3.63, 3.8) is 0 Å². The molecule has 1 unspecified atom stereocenters. The number of hydrogen-bond acceptors (Lipinski definition) is 3. The second kappa shape index (κ2) is 5.25. The van der Waals surface area contributed by atoms with E-state index in [0.717, 1.165) is 39.0 Å². The number of nitrogens with one attached hydrogen (secondary N) is 1. The van der Waals surface area contributed by atoms with Crippen LogP contribution in [0.3, 0.4) is 0 Å². The predicted molar refractivity (Wildman–Crippen MR) is 73.8 cm³/mol. The molecule has 1 amide bonds. The smallest absolute Gasteiger partial charge is 0.226 e. The molecule has 0 bridgehead atoms. The van der Waals surface area contributed by atoms with Gasteiger partial charge < -0.3 is 15.0 Å². The lowest BCUT2D eigenvalue weighted by atomic mass is 9.91. The lowest BCUT2D eigenvalue weighted by Gasteiger charge is -2.29. The van der Waals surface area contributed by atoms with Crippen LogP contribution in [0.5, 0.6) is 0 Å². The molecule has 2 aliphatic heterocycles. The summed E-state index contributed by atoms with van der Waals surface area (Å²) in [5.41, 5.74) is 1.69. The molecule has 0 radical (unpaired) electrons. The minimum Gasteiger partial charge on any atom is -0.380 e. The van der Waals surface area contributed by atoms with Crippen LogP contribution >= 0.6 is 0 Å². The molecule has 1 atom stereocenters. The summed E-state index contributed by atoms with van der Waals surface area (Å²) >= 11 is 0. The number of amides is 1. The first-order valence-corrected chi connectivity index (χ1v) is 7.41. The van der Waals surface area contributed by atoms with Gasteiger partial charge in [0.25, 0.3) is 0 Å². The van der Waals surface area contributed by atoms with Gasteiger partial charge in [0.05, 0.1) is 6.61 Å². The zero-order valence-corrected chi connectivity index (χ0v) is 11.8. The van der Waals surface area contributed by atoms with Crippen molar-refractivity contribution in [3.05, 3.63) is 11.6 Å². The van der Waals surface area contributed by atoms with E-state index in [1.165, 1.54) is 18.4 Å². The third kappa shape index (κ3) is 2.56. The Bertz CT molecular complexity index is 386. The summed E-state index contributed by atoms with van der Waals surface area (Å²) < 4.78 is 5.15. The van der Waals surface area contributed by atoms with E-state index in [9.17, 15) is 4.79 Å². The molecule has 3 aliphatic rings. The Hall–Kier alpha value is -0.870. The number of piperidine rings is 1. The molecule has 2 fully saturated rings. The lowest BCUT2D eigenvalue weighted by Crippen LogP contribution is -2.39. The van der Waals surface area contributed by atoms with Gasteiger partial charge in [-0.1, -0.05) is 6.08 Å². The summed E-state index contributed by atoms with van der Waals surface area (Å²) in [5.74, 6) is 0.710. The SMILES string of the molecule is COCC1=CCN(C(=O)C2CC23CCNCC3)CC1. The van der Waals surface area contributed by atoms with Gasteiger partial charge in [0.2, 0.25) is 5.91 Å². The Morgan fingerprint density at radius 3 is 2.95 bits per heavy atom. The molecule has 1 saturated carbocycles. The number of carbonyl (C=O) groups is 1. The van der Waals surface area contributed by atoms with E-state index in [-0.39, 0.29) is 0 Å². The highest BCUT2D eigenvalue weighted by molar-refractivity contribution is 5.83. The zero-order chi connectivity index (χ0) is 13.3. The highest BCUT2D eigenvalue weighted by atomic mass is 16.5. The number of rotatable bonds is 3. The van der Waals surface area contributed by atoms with Crippen LogP contribution < -0.4 is 5.32 Å². The van der Waals surface area contributed by atoms with Crippen LogP contribution in [0.25, 0.3) is 0 Å². The summed E-state index contributed by atoms with van der Waals surface area (Å²) in [6.07, 6.45) is 6.63. The molecule has 19 heavy (non-hydrogen) atoms. The largest absolute Gasteiger partial charge is 0.380 e. The molecule has 2 heterocycles. The average Bonchev–Trinajstić information content (AvgIpc) is 3.13. The maximum Gasteiger partial charge on any atom is 0.226 e. The normalized spacial score (nSPS) is 29.2. The van der Waals surface area contributed by atoms with Crippen LogP contribution in [0, 0.1) is 11.3 Å². The fraction of sp³-hybridized carbons (Fsp3) is 0.800. The van der Waals surface area contributed by atoms with Gasteiger partial charge in [0, 0.05) is 26.1 Å². The van der Waals surface area contributed by atoms with Gasteiger partial charge in [-0.05, 0) is 49.8 Å². The van der Waals surface area contributed by atoms with Crippen molar-refractivity contribution in [1.82, 2.24) is 10.2 Å². The minimum atomic E-state index is 0.312. The van der Waals surface area contributed by atoms with Crippen molar-refractivity contribution >= 4 is 5.91 Å². The van der Waals surface area contributed by atoms with E-state index in [0.29, 0.717) is 23.8 Å². The Kier molecular flexibility index (Phi) is 3.63. The van der Waals surface area contributed by atoms with Gasteiger partial charge in [0.1, 0.15) is 0 Å². The first-order valence-electron chi connectivity index (χ1n) is 7.41. The van der Waals surface area contributed by atoms with E-state index in [4.69, 9.17) is 4.74 Å². The number of methoxy groups -OCH3 is 1. The van der Waals surface area contributed by atoms with Crippen LogP contribution in [0.4, 0.5) is 0 Å². The molecule has 1 saturated heterocycles. The monoisotopic (exact) mass is 264 g/mol. The van der Waals surface area contributed by atoms with Crippen molar-refractivity contribution < 1.29 is 9.53 Å². The van der Waals surface area contributed by atoms with Crippen molar-refractivity contribution in [2.24, 2.45) is 11.3 Å². The van der Waals surface area contributed by atoms with Crippen LogP contribution in [0.15, 0.2) is 11.6 Å². The number of ether oxygens (including phenoxy) is 1. The third-order valence-electron chi connectivity index (χ3n) is 5.03. The van der Waals surface area contributed by atoms with E-state index >= 15 is 0 Å². The van der Waals surface area contributed by atoms with Gasteiger partial charge in [-0.15, -0.1) is 0 Å². The number of carbonyl (C=O) groups excluding carboxylic acids is 1. The van der Waals surface area contributed by atoms with Crippen molar-refractivity contribution in [2.45, 2.75) is 25.7 Å². The number of hydrogen-bond donors (Lipinski definition) is 1. The van der Waals surface area contributed by atoms with Crippen molar-refractivity contribution in [3.8, 4) is 0 Å². The van der Waals surface area contributed by atoms with Crippen LogP contribution in [-0.2, 0) is 9.53 Å². The molecular formula is C15H24N2O2. The fourth-order valence-electron chi connectivity index (χ4n) is 3.62. The van der Waals surface area contributed by atoms with Crippen molar-refractivity contribution in [2.75, 3.05) is 39.9 Å². The molecule has 4 nitrogen and oxygen atoms in total. The second-order valence-electron chi connectivity index (χ2n) is 6.20. The van der Waals surface area contributed by atoms with Gasteiger partial charge in [-0.25, -0.2) is 0 Å². The summed E-state index contributed by atoms with van der Waals surface area (Å²) in [7, 11) is 1.73. The lowest BCUT2D eigenvalue weighted by molar-refractivity contribution is -0.133. The maximum absolute atomic E-state index is 12.5. The van der Waals surface area contributed by atoms with E-state index in [1.54, 1.807) is 7.11 Å². The Morgan fingerprint density at radius 1 is 1.53 bits per heavy atom. The van der Waals surface area contributed by atoms with E-state index in [1.807, 2.05) is 4.90 Å². The van der Waals surface area contributed by atoms with Crippen LogP contribution in [0.2, 0.25) is 0 Å². The number of nitrogens with zero attached hydrogens (tertiary/aromatic N) is 1. The van der Waals surface area contributed by atoms with E-state index < -0.39 is 0 Å². The zero-order valence-electron chi connectivity index (χ0n) is 11.8. The van der Waals surface area contributed by atoms with Gasteiger partial charge in [0.15, 0.2) is 0 Å². The molecule has 106 valence electrons. The van der Waals surface area contributed by atoms with Gasteiger partial charge >= 0.3 is 0 Å². The molecule has 4 heteroatoms. The summed E-state index contributed by atoms with van der Waals surface area (Å²) in [5, 5.41) is 3.39. The van der Waals surface area contributed by atoms with Crippen molar-refractivity contribution in [1.29, 1.82) is 0 Å². The maximum atomic E-state index is 12.5. The summed E-state index contributed by atoms with van der Waals surface area (Å²) in [6, 6.07) is 0. The molecule has 1 aliphatic carbocycles. The Balaban J connectivity index is 1.55. The van der Waals surface area contributed by atoms with Gasteiger partial charge in [-0.2, -0.15) is 0 Å². The molecule has 1 spiro atoms. The van der Waals surface area contributed by atoms with Gasteiger partial charge in [-0.3, -0.25) is 4.79 Å². The quantitative estimate of drug-likeness (QED) is 0.778. The van der Waals surface area contributed by atoms with Crippen LogP contribution in [0.1, 0.15) is 25.7 Å². The molecular weight excluding hydrogens is 240 g/mol. The topological polar surface area (TPSA) is 41.6 Å². The molecule has 0 aromatic heterocycles. The fourth-order valence-corrected chi connectivity index (χ4v) is 3.62. The Morgan fingerprint density at radius 2 is 2.32 bits per heavy atom. The average molecular weight is 264 g/mol. The summed E-state index contributed by atoms with van der Waals surface area (Å²) in [4.78, 5) is 14.6. The standard InChI is InChI=1S/C15H24N2O2/c1-19-11-12-2-8-17(9-3-12)14(18)13-10-15(13)4-6-16-7-5-15/h2,13,16H,3-11H2,1H3. The molecule has 1 N–H and O–H groups in total. The predicted octanol–water partition coefficient (Wildman–Crippen LogP) is 1.18. The van der Waals surface area contributed by atoms with Crippen LogP contribution in [-0.4, -0.2) is 50.7 Å². The molecule has 0 aromatic rings. The van der Waals surface area contributed by atoms with E-state index in [2.05, 4.69) is 11.4 Å². The molecule has 3 rings (SSSR count). The highest BCUT2D eigenvalue weighted by Gasteiger charge is 2.58. The minimum absolute atomic E-state index is 0.312. The molecule has 0 aromatic carbocycles. The second-order valence-corrected chi connectivity index (χ2v) is 6.20. The first-order chi connectivity index (χ1) is 9.25. The summed E-state index contributed by atoms with van der Waals surface area (Å²) in [6.45, 7) is 4.53. The third-order valence-corrected chi connectivity index (χ3v) is 5.03. The first kappa shape index (κ1) is 13.1. The Labute approximate surface area is 115 Å². The highest BCUT2D eigenvalue weighted by Crippen LogP contribution is 2.59.